The van der Waals surface area contributed by atoms with Crippen molar-refractivity contribution in [1.29, 1.82) is 0 Å². The summed E-state index contributed by atoms with van der Waals surface area (Å²) >= 11 is 0. The van der Waals surface area contributed by atoms with Crippen LogP contribution in [0.5, 0.6) is 11.5 Å². The van der Waals surface area contributed by atoms with Gasteiger partial charge < -0.3 is 20.1 Å². The predicted molar refractivity (Wildman–Crippen MR) is 96.8 cm³/mol. The molecule has 1 aromatic carbocycles. The van der Waals surface area contributed by atoms with Gasteiger partial charge in [-0.3, -0.25) is 4.79 Å². The Balaban J connectivity index is 1.43. The smallest absolute Gasteiger partial charge is 0.270 e. The Morgan fingerprint density at radius 2 is 1.85 bits per heavy atom. The van der Waals surface area contributed by atoms with Crippen LogP contribution in [0.3, 0.4) is 0 Å². The minimum absolute atomic E-state index is 0.145. The molecule has 1 fully saturated rings. The molecule has 0 spiro atoms. The molecule has 2 N–H and O–H groups in total. The summed E-state index contributed by atoms with van der Waals surface area (Å²) in [5.41, 5.74) is 1.14. The largest absolute Gasteiger partial charge is 0.454 e. The summed E-state index contributed by atoms with van der Waals surface area (Å²) in [6.07, 6.45) is 8.52. The molecule has 7 heteroatoms. The lowest BCUT2D eigenvalue weighted by Gasteiger charge is -2.16. The van der Waals surface area contributed by atoms with E-state index in [9.17, 15) is 4.79 Å². The van der Waals surface area contributed by atoms with E-state index >= 15 is 0 Å². The van der Waals surface area contributed by atoms with Crippen molar-refractivity contribution in [2.24, 2.45) is 0 Å². The van der Waals surface area contributed by atoms with Gasteiger partial charge in [-0.25, -0.2) is 9.97 Å². The van der Waals surface area contributed by atoms with Crippen molar-refractivity contribution in [2.45, 2.75) is 44.6 Å². The maximum Gasteiger partial charge on any atom is 0.270 e. The van der Waals surface area contributed by atoms with Crippen molar-refractivity contribution in [3.63, 3.8) is 0 Å². The molecular formula is C19H22N4O3. The maximum absolute atomic E-state index is 12.5. The molecule has 0 atom stereocenters. The van der Waals surface area contributed by atoms with E-state index in [0.29, 0.717) is 23.1 Å². The van der Waals surface area contributed by atoms with Gasteiger partial charge in [-0.1, -0.05) is 25.7 Å². The number of amides is 1. The lowest BCUT2D eigenvalue weighted by Crippen LogP contribution is -2.35. The van der Waals surface area contributed by atoms with Gasteiger partial charge in [0.15, 0.2) is 11.5 Å². The quantitative estimate of drug-likeness (QED) is 0.819. The highest BCUT2D eigenvalue weighted by Gasteiger charge is 2.17. The van der Waals surface area contributed by atoms with Crippen LogP contribution in [0.15, 0.2) is 30.5 Å². The van der Waals surface area contributed by atoms with Gasteiger partial charge >= 0.3 is 0 Å². The van der Waals surface area contributed by atoms with Crippen LogP contribution >= 0.6 is 0 Å². The van der Waals surface area contributed by atoms with Crippen LogP contribution < -0.4 is 20.1 Å². The molecule has 1 amide bonds. The number of carbonyl (C=O) groups is 1. The molecule has 2 heterocycles. The molecule has 4 rings (SSSR count). The number of nitrogens with zero attached hydrogens (tertiary/aromatic N) is 2. The average molecular weight is 354 g/mol. The Morgan fingerprint density at radius 3 is 2.69 bits per heavy atom. The molecule has 0 radical (unpaired) electrons. The third-order valence-corrected chi connectivity index (χ3v) is 4.71. The van der Waals surface area contributed by atoms with E-state index in [1.54, 1.807) is 12.3 Å². The third-order valence-electron chi connectivity index (χ3n) is 4.71. The number of nitrogens with one attached hydrogen (secondary N) is 2. The second-order valence-electron chi connectivity index (χ2n) is 6.62. The molecular weight excluding hydrogens is 332 g/mol. The van der Waals surface area contributed by atoms with Crippen molar-refractivity contribution in [3.8, 4) is 11.5 Å². The molecule has 1 saturated carbocycles. The fraction of sp³-hybridized carbons (Fsp3) is 0.421. The van der Waals surface area contributed by atoms with Crippen molar-refractivity contribution in [2.75, 3.05) is 12.1 Å². The van der Waals surface area contributed by atoms with E-state index < -0.39 is 0 Å². The summed E-state index contributed by atoms with van der Waals surface area (Å²) in [6.45, 7) is 0.228. The average Bonchev–Trinajstić information content (AvgIpc) is 2.97. The zero-order valence-electron chi connectivity index (χ0n) is 14.5. The molecule has 136 valence electrons. The Kier molecular flexibility index (Phi) is 4.86. The van der Waals surface area contributed by atoms with Gasteiger partial charge in [-0.05, 0) is 31.0 Å². The highest BCUT2D eigenvalue weighted by Crippen LogP contribution is 2.34. The number of hydrogen-bond acceptors (Lipinski definition) is 6. The fourth-order valence-electron chi connectivity index (χ4n) is 3.33. The van der Waals surface area contributed by atoms with Gasteiger partial charge in [0.05, 0.1) is 0 Å². The molecule has 0 bridgehead atoms. The van der Waals surface area contributed by atoms with Crippen LogP contribution in [-0.4, -0.2) is 28.7 Å². The highest BCUT2D eigenvalue weighted by atomic mass is 16.7. The second-order valence-corrected chi connectivity index (χ2v) is 6.62. The van der Waals surface area contributed by atoms with E-state index in [1.807, 2.05) is 18.2 Å². The van der Waals surface area contributed by atoms with Crippen LogP contribution in [0.2, 0.25) is 0 Å². The predicted octanol–water partition coefficient (Wildman–Crippen LogP) is 3.40. The minimum Gasteiger partial charge on any atom is -0.454 e. The molecule has 0 unspecified atom stereocenters. The Labute approximate surface area is 152 Å². The van der Waals surface area contributed by atoms with Crippen molar-refractivity contribution in [1.82, 2.24) is 15.3 Å². The monoisotopic (exact) mass is 354 g/mol. The lowest BCUT2D eigenvalue weighted by atomic mass is 10.1. The second kappa shape index (κ2) is 7.59. The van der Waals surface area contributed by atoms with Gasteiger partial charge in [0.1, 0.15) is 5.69 Å². The van der Waals surface area contributed by atoms with Gasteiger partial charge in [0.25, 0.3) is 5.91 Å². The van der Waals surface area contributed by atoms with Gasteiger partial charge in [-0.15, -0.1) is 0 Å². The standard InChI is InChI=1S/C19H22N4O3/c24-18(21-13-5-3-1-2-4-6-13)15-9-10-20-19(23-15)22-14-7-8-16-17(11-14)26-12-25-16/h7-11,13H,1-6,12H2,(H,21,24)(H,20,22,23). The first-order valence-corrected chi connectivity index (χ1v) is 9.08. The zero-order valence-corrected chi connectivity index (χ0v) is 14.5. The Morgan fingerprint density at radius 1 is 1.04 bits per heavy atom. The molecule has 1 aromatic heterocycles. The number of rotatable bonds is 4. The fourth-order valence-corrected chi connectivity index (χ4v) is 3.33. The van der Waals surface area contributed by atoms with Crippen LogP contribution in [0.4, 0.5) is 11.6 Å². The number of ether oxygens (including phenoxy) is 2. The van der Waals surface area contributed by atoms with E-state index in [-0.39, 0.29) is 18.7 Å². The Hall–Kier alpha value is -2.83. The first-order chi connectivity index (χ1) is 12.8. The molecule has 1 aliphatic heterocycles. The van der Waals surface area contributed by atoms with Crippen molar-refractivity contribution in [3.05, 3.63) is 36.2 Å². The van der Waals surface area contributed by atoms with Crippen LogP contribution in [0.25, 0.3) is 0 Å². The van der Waals surface area contributed by atoms with Crippen molar-refractivity contribution >= 4 is 17.5 Å². The molecule has 7 nitrogen and oxygen atoms in total. The normalized spacial score (nSPS) is 16.8. The van der Waals surface area contributed by atoms with Crippen LogP contribution in [-0.2, 0) is 0 Å². The molecule has 26 heavy (non-hydrogen) atoms. The SMILES string of the molecule is O=C(NC1CCCCCC1)c1ccnc(Nc2ccc3c(c2)OCO3)n1. The Bertz CT molecular complexity index is 788. The number of fused-ring (bicyclic) bond motifs is 1. The summed E-state index contributed by atoms with van der Waals surface area (Å²) in [7, 11) is 0. The number of anilines is 2. The molecule has 2 aliphatic rings. The molecule has 1 aliphatic carbocycles. The van der Waals surface area contributed by atoms with Crippen LogP contribution in [0, 0.1) is 0 Å². The summed E-state index contributed by atoms with van der Waals surface area (Å²) in [4.78, 5) is 21.1. The van der Waals surface area contributed by atoms with E-state index in [0.717, 1.165) is 18.5 Å². The van der Waals surface area contributed by atoms with Gasteiger partial charge in [0.2, 0.25) is 12.7 Å². The van der Waals surface area contributed by atoms with E-state index in [4.69, 9.17) is 9.47 Å². The molecule has 2 aromatic rings. The number of aromatic nitrogens is 2. The van der Waals surface area contributed by atoms with E-state index in [1.165, 1.54) is 25.7 Å². The highest BCUT2D eigenvalue weighted by molar-refractivity contribution is 5.92. The molecule has 0 saturated heterocycles. The summed E-state index contributed by atoms with van der Waals surface area (Å²) < 4.78 is 10.7. The summed E-state index contributed by atoms with van der Waals surface area (Å²) in [6, 6.07) is 7.38. The lowest BCUT2D eigenvalue weighted by molar-refractivity contribution is 0.0928. The summed E-state index contributed by atoms with van der Waals surface area (Å²) in [5.74, 6) is 1.62. The first kappa shape index (κ1) is 16.6. The van der Waals surface area contributed by atoms with E-state index in [2.05, 4.69) is 20.6 Å². The first-order valence-electron chi connectivity index (χ1n) is 9.08. The number of benzene rings is 1. The topological polar surface area (TPSA) is 85.4 Å². The zero-order chi connectivity index (χ0) is 17.8. The maximum atomic E-state index is 12.5. The van der Waals surface area contributed by atoms with Crippen molar-refractivity contribution < 1.29 is 14.3 Å². The number of hydrogen-bond donors (Lipinski definition) is 2. The number of carbonyl (C=O) groups excluding carboxylic acids is 1. The minimum atomic E-state index is -0.145. The van der Waals surface area contributed by atoms with Gasteiger partial charge in [-0.2, -0.15) is 0 Å². The van der Waals surface area contributed by atoms with Crippen LogP contribution in [0.1, 0.15) is 49.0 Å². The third kappa shape index (κ3) is 3.87. The summed E-state index contributed by atoms with van der Waals surface area (Å²) in [5, 5.41) is 6.21. The van der Waals surface area contributed by atoms with Gasteiger partial charge in [0, 0.05) is 24.0 Å².